The molecule has 0 spiro atoms. The highest BCUT2D eigenvalue weighted by Gasteiger charge is 1.98. The lowest BCUT2D eigenvalue weighted by atomic mass is 10.3. The number of allylic oxidation sites excluding steroid dienone is 4. The van der Waals surface area contributed by atoms with Crippen LogP contribution in [0.15, 0.2) is 23.8 Å². The standard InChI is InChI=1S/C8H12F2/c1-3-5-6-8(10)7(9)4-2/h4,6H,3,5H2,1-2H3/b7-4+,8-6+. The molecule has 0 aromatic carbocycles. The molecule has 0 aliphatic heterocycles. The number of halogens is 2. The predicted molar refractivity (Wildman–Crippen MR) is 39.0 cm³/mol. The lowest BCUT2D eigenvalue weighted by Gasteiger charge is -1.90. The van der Waals surface area contributed by atoms with Gasteiger partial charge in [0.25, 0.3) is 0 Å². The van der Waals surface area contributed by atoms with Crippen LogP contribution in [0.3, 0.4) is 0 Å². The average Bonchev–Trinajstić information content (AvgIpc) is 1.98. The molecule has 0 saturated carbocycles. The van der Waals surface area contributed by atoms with Gasteiger partial charge in [0.2, 0.25) is 0 Å². The molecule has 0 saturated heterocycles. The Bertz CT molecular complexity index is 145. The van der Waals surface area contributed by atoms with Gasteiger partial charge in [-0.25, -0.2) is 8.78 Å². The highest BCUT2D eigenvalue weighted by molar-refractivity contribution is 5.17. The van der Waals surface area contributed by atoms with Crippen molar-refractivity contribution in [2.24, 2.45) is 0 Å². The fourth-order valence-corrected chi connectivity index (χ4v) is 0.506. The van der Waals surface area contributed by atoms with E-state index in [1.54, 1.807) is 0 Å². The van der Waals surface area contributed by atoms with E-state index in [1.807, 2.05) is 6.92 Å². The minimum absolute atomic E-state index is 0.590. The van der Waals surface area contributed by atoms with Gasteiger partial charge in [-0.1, -0.05) is 13.3 Å². The Morgan fingerprint density at radius 3 is 2.30 bits per heavy atom. The fraction of sp³-hybridized carbons (Fsp3) is 0.500. The van der Waals surface area contributed by atoms with Crippen LogP contribution >= 0.6 is 0 Å². The van der Waals surface area contributed by atoms with E-state index in [9.17, 15) is 8.78 Å². The molecule has 0 bridgehead atoms. The first kappa shape index (κ1) is 9.34. The van der Waals surface area contributed by atoms with Gasteiger partial charge >= 0.3 is 0 Å². The molecule has 0 atom stereocenters. The molecule has 0 rings (SSSR count). The summed E-state index contributed by atoms with van der Waals surface area (Å²) in [5, 5.41) is 0. The van der Waals surface area contributed by atoms with Gasteiger partial charge in [-0.2, -0.15) is 0 Å². The van der Waals surface area contributed by atoms with Crippen molar-refractivity contribution in [1.82, 2.24) is 0 Å². The quantitative estimate of drug-likeness (QED) is 0.534. The van der Waals surface area contributed by atoms with Gasteiger partial charge in [-0.3, -0.25) is 0 Å². The fourth-order valence-electron chi connectivity index (χ4n) is 0.506. The molecule has 0 nitrogen and oxygen atoms in total. The molecule has 0 unspecified atom stereocenters. The van der Waals surface area contributed by atoms with Gasteiger partial charge in [-0.05, 0) is 25.5 Å². The van der Waals surface area contributed by atoms with Crippen molar-refractivity contribution >= 4 is 0 Å². The van der Waals surface area contributed by atoms with Crippen LogP contribution in [-0.2, 0) is 0 Å². The topological polar surface area (TPSA) is 0 Å². The minimum atomic E-state index is -0.770. The number of rotatable bonds is 3. The maximum atomic E-state index is 12.4. The van der Waals surface area contributed by atoms with Crippen LogP contribution in [-0.4, -0.2) is 0 Å². The molecule has 58 valence electrons. The molecule has 0 radical (unpaired) electrons. The van der Waals surface area contributed by atoms with Crippen molar-refractivity contribution in [2.75, 3.05) is 0 Å². The van der Waals surface area contributed by atoms with E-state index in [4.69, 9.17) is 0 Å². The summed E-state index contributed by atoms with van der Waals surface area (Å²) in [7, 11) is 0. The van der Waals surface area contributed by atoms with Gasteiger partial charge in [0.1, 0.15) is 0 Å². The third kappa shape index (κ3) is 3.38. The average molecular weight is 146 g/mol. The molecular weight excluding hydrogens is 134 g/mol. The summed E-state index contributed by atoms with van der Waals surface area (Å²) in [6.07, 6.45) is 3.80. The molecule has 0 aromatic rings. The Morgan fingerprint density at radius 1 is 1.30 bits per heavy atom. The van der Waals surface area contributed by atoms with Crippen molar-refractivity contribution in [3.05, 3.63) is 23.8 Å². The monoisotopic (exact) mass is 146 g/mol. The molecule has 0 aliphatic rings. The van der Waals surface area contributed by atoms with E-state index in [-0.39, 0.29) is 0 Å². The summed E-state index contributed by atoms with van der Waals surface area (Å²) < 4.78 is 24.7. The van der Waals surface area contributed by atoms with Gasteiger partial charge in [0, 0.05) is 0 Å². The van der Waals surface area contributed by atoms with Gasteiger partial charge in [0.15, 0.2) is 11.7 Å². The second kappa shape index (κ2) is 5.15. The van der Waals surface area contributed by atoms with Crippen LogP contribution < -0.4 is 0 Å². The Hall–Kier alpha value is -0.660. The van der Waals surface area contributed by atoms with Gasteiger partial charge in [0.05, 0.1) is 0 Å². The van der Waals surface area contributed by atoms with E-state index in [0.717, 1.165) is 12.5 Å². The molecule has 0 aliphatic carbocycles. The molecule has 0 N–H and O–H groups in total. The molecule has 2 heteroatoms. The predicted octanol–water partition coefficient (Wildman–Crippen LogP) is 3.51. The second-order valence-corrected chi connectivity index (χ2v) is 1.98. The number of hydrogen-bond acceptors (Lipinski definition) is 0. The Balaban J connectivity index is 3.93. The summed E-state index contributed by atoms with van der Waals surface area (Å²) >= 11 is 0. The summed E-state index contributed by atoms with van der Waals surface area (Å²) in [6, 6.07) is 0. The normalized spacial score (nSPS) is 14.0. The maximum absolute atomic E-state index is 12.4. The molecule has 0 heterocycles. The lowest BCUT2D eigenvalue weighted by Crippen LogP contribution is -1.74. The van der Waals surface area contributed by atoms with E-state index in [0.29, 0.717) is 6.42 Å². The molecule has 0 amide bonds. The minimum Gasteiger partial charge on any atom is -0.204 e. The van der Waals surface area contributed by atoms with Crippen molar-refractivity contribution < 1.29 is 8.78 Å². The van der Waals surface area contributed by atoms with Gasteiger partial charge < -0.3 is 0 Å². The third-order valence-corrected chi connectivity index (χ3v) is 1.09. The highest BCUT2D eigenvalue weighted by atomic mass is 19.2. The van der Waals surface area contributed by atoms with E-state index >= 15 is 0 Å². The highest BCUT2D eigenvalue weighted by Crippen LogP contribution is 2.13. The van der Waals surface area contributed by atoms with Crippen LogP contribution in [0.2, 0.25) is 0 Å². The smallest absolute Gasteiger partial charge is 0.154 e. The number of unbranched alkanes of at least 4 members (excludes halogenated alkanes) is 1. The SMILES string of the molecule is C/C=C(F)\C(F)=C/CCC. The first-order valence-electron chi connectivity index (χ1n) is 3.40. The third-order valence-electron chi connectivity index (χ3n) is 1.09. The van der Waals surface area contributed by atoms with Crippen molar-refractivity contribution in [2.45, 2.75) is 26.7 Å². The maximum Gasteiger partial charge on any atom is 0.154 e. The molecule has 0 fully saturated rings. The summed E-state index contributed by atoms with van der Waals surface area (Å²) in [4.78, 5) is 0. The zero-order chi connectivity index (χ0) is 7.98. The number of hydrogen-bond donors (Lipinski definition) is 0. The first-order chi connectivity index (χ1) is 4.72. The van der Waals surface area contributed by atoms with Crippen molar-refractivity contribution in [1.29, 1.82) is 0 Å². The van der Waals surface area contributed by atoms with Crippen LogP contribution in [0.25, 0.3) is 0 Å². The van der Waals surface area contributed by atoms with E-state index in [1.165, 1.54) is 13.0 Å². The summed E-state index contributed by atoms with van der Waals surface area (Å²) in [5.74, 6) is -1.52. The largest absolute Gasteiger partial charge is 0.204 e. The molecule has 10 heavy (non-hydrogen) atoms. The lowest BCUT2D eigenvalue weighted by molar-refractivity contribution is 0.539. The van der Waals surface area contributed by atoms with E-state index < -0.39 is 11.7 Å². The Labute approximate surface area is 60.2 Å². The van der Waals surface area contributed by atoms with Crippen LogP contribution in [0.4, 0.5) is 8.78 Å². The summed E-state index contributed by atoms with van der Waals surface area (Å²) in [6.45, 7) is 3.38. The molecular formula is C8H12F2. The van der Waals surface area contributed by atoms with E-state index in [2.05, 4.69) is 0 Å². The second-order valence-electron chi connectivity index (χ2n) is 1.98. The zero-order valence-electron chi connectivity index (χ0n) is 6.32. The Morgan fingerprint density at radius 2 is 1.90 bits per heavy atom. The van der Waals surface area contributed by atoms with Gasteiger partial charge in [-0.15, -0.1) is 0 Å². The molecule has 0 aromatic heterocycles. The first-order valence-corrected chi connectivity index (χ1v) is 3.40. The summed E-state index contributed by atoms with van der Waals surface area (Å²) in [5.41, 5.74) is 0. The zero-order valence-corrected chi connectivity index (χ0v) is 6.32. The Kier molecular flexibility index (Phi) is 4.81. The van der Waals surface area contributed by atoms with Crippen LogP contribution in [0.5, 0.6) is 0 Å². The van der Waals surface area contributed by atoms with Crippen molar-refractivity contribution in [3.63, 3.8) is 0 Å². The van der Waals surface area contributed by atoms with Crippen LogP contribution in [0, 0.1) is 0 Å². The van der Waals surface area contributed by atoms with Crippen molar-refractivity contribution in [3.8, 4) is 0 Å². The van der Waals surface area contributed by atoms with Crippen LogP contribution in [0.1, 0.15) is 26.7 Å².